The Bertz CT molecular complexity index is 959. The van der Waals surface area contributed by atoms with Crippen LogP contribution in [0.1, 0.15) is 63.0 Å². The number of pyridine rings is 1. The molecular formula is C26H34N4O. The highest BCUT2D eigenvalue weighted by Gasteiger charge is 2.13. The maximum Gasteiger partial charge on any atom is 0.274 e. The Balaban J connectivity index is 2.01. The first kappa shape index (κ1) is 24.1. The molecule has 1 aromatic rings. The second kappa shape index (κ2) is 11.9. The Morgan fingerprint density at radius 3 is 2.61 bits per heavy atom. The van der Waals surface area contributed by atoms with Crippen LogP contribution in [-0.2, 0) is 6.54 Å². The van der Waals surface area contributed by atoms with Gasteiger partial charge in [-0.15, -0.1) is 0 Å². The quantitative estimate of drug-likeness (QED) is 0.351. The minimum atomic E-state index is -0.196. The molecule has 0 bridgehead atoms. The van der Waals surface area contributed by atoms with Gasteiger partial charge in [-0.05, 0) is 86.6 Å². The minimum absolute atomic E-state index is 0.196. The molecule has 1 aromatic heterocycles. The third-order valence-corrected chi connectivity index (χ3v) is 5.19. The van der Waals surface area contributed by atoms with Crippen molar-refractivity contribution >= 4 is 5.91 Å². The minimum Gasteiger partial charge on any atom is -0.324 e. The number of hydrazine groups is 1. The van der Waals surface area contributed by atoms with Gasteiger partial charge in [-0.25, -0.2) is 5.43 Å². The fourth-order valence-corrected chi connectivity index (χ4v) is 3.25. The van der Waals surface area contributed by atoms with E-state index in [9.17, 15) is 4.79 Å². The van der Waals surface area contributed by atoms with E-state index in [1.54, 1.807) is 18.3 Å². The number of nitrogens with zero attached hydrogens (tertiary/aromatic N) is 1. The highest BCUT2D eigenvalue weighted by atomic mass is 16.1. The zero-order valence-corrected chi connectivity index (χ0v) is 19.1. The van der Waals surface area contributed by atoms with Crippen molar-refractivity contribution in [1.82, 2.24) is 21.2 Å². The lowest BCUT2D eigenvalue weighted by Crippen LogP contribution is -2.29. The summed E-state index contributed by atoms with van der Waals surface area (Å²) in [6, 6.07) is 3.65. The Labute approximate surface area is 186 Å². The number of nitrogens with one attached hydrogen (secondary N) is 3. The summed E-state index contributed by atoms with van der Waals surface area (Å²) in [7, 11) is 0. The summed E-state index contributed by atoms with van der Waals surface area (Å²) in [5.41, 5.74) is 14.2. The van der Waals surface area contributed by atoms with E-state index in [1.165, 1.54) is 22.3 Å². The Morgan fingerprint density at radius 2 is 2.00 bits per heavy atom. The molecule has 1 heterocycles. The third-order valence-electron chi connectivity index (χ3n) is 5.19. The monoisotopic (exact) mass is 418 g/mol. The first-order valence-electron chi connectivity index (χ1n) is 10.6. The molecule has 5 nitrogen and oxygen atoms in total. The second-order valence-corrected chi connectivity index (χ2v) is 7.80. The van der Waals surface area contributed by atoms with Gasteiger partial charge < -0.3 is 10.7 Å². The molecule has 3 N–H and O–H groups in total. The van der Waals surface area contributed by atoms with E-state index in [1.807, 2.05) is 12.1 Å². The molecule has 0 aromatic carbocycles. The third kappa shape index (κ3) is 7.54. The average molecular weight is 419 g/mol. The van der Waals surface area contributed by atoms with Crippen molar-refractivity contribution in [3.05, 3.63) is 101 Å². The molecule has 0 aliphatic heterocycles. The van der Waals surface area contributed by atoms with E-state index in [-0.39, 0.29) is 5.91 Å². The normalized spacial score (nSPS) is 13.6. The molecule has 2 rings (SSSR count). The summed E-state index contributed by atoms with van der Waals surface area (Å²) in [6.07, 6.45) is 12.4. The summed E-state index contributed by atoms with van der Waals surface area (Å²) < 4.78 is 0. The number of rotatable bonds is 10. The number of hydrogen-bond donors (Lipinski definition) is 3. The smallest absolute Gasteiger partial charge is 0.274 e. The lowest BCUT2D eigenvalue weighted by Gasteiger charge is -2.17. The van der Waals surface area contributed by atoms with Crippen LogP contribution in [0, 0.1) is 0 Å². The number of aromatic nitrogens is 1. The number of carbonyl (C=O) groups excluding carboxylic acids is 1. The fourth-order valence-electron chi connectivity index (χ4n) is 3.25. The van der Waals surface area contributed by atoms with Gasteiger partial charge in [-0.3, -0.25) is 9.78 Å². The number of carbonyl (C=O) groups is 1. The maximum absolute atomic E-state index is 12.7. The molecule has 0 saturated carbocycles. The van der Waals surface area contributed by atoms with Gasteiger partial charge in [-0.2, -0.15) is 0 Å². The lowest BCUT2D eigenvalue weighted by atomic mass is 9.94. The molecule has 31 heavy (non-hydrogen) atoms. The van der Waals surface area contributed by atoms with Gasteiger partial charge in [0.2, 0.25) is 0 Å². The van der Waals surface area contributed by atoms with Crippen LogP contribution in [0.5, 0.6) is 0 Å². The summed E-state index contributed by atoms with van der Waals surface area (Å²) >= 11 is 0. The molecule has 164 valence electrons. The highest BCUT2D eigenvalue weighted by Crippen LogP contribution is 2.25. The van der Waals surface area contributed by atoms with Gasteiger partial charge >= 0.3 is 0 Å². The van der Waals surface area contributed by atoms with Crippen molar-refractivity contribution in [2.75, 3.05) is 0 Å². The number of amides is 1. The second-order valence-electron chi connectivity index (χ2n) is 7.80. The SMILES string of the molecule is C=CC(=C)NNCc1ccnc(C(=O)NC2=CC=C(/C(C)=C/C(CC)=C(C)C)CC2)c1. The van der Waals surface area contributed by atoms with Gasteiger partial charge in [0.1, 0.15) is 5.69 Å². The molecule has 0 fully saturated rings. The number of hydrogen-bond acceptors (Lipinski definition) is 4. The van der Waals surface area contributed by atoms with Crippen molar-refractivity contribution < 1.29 is 4.79 Å². The van der Waals surface area contributed by atoms with E-state index in [4.69, 9.17) is 0 Å². The van der Waals surface area contributed by atoms with E-state index >= 15 is 0 Å². The molecule has 0 saturated heterocycles. The van der Waals surface area contributed by atoms with Crippen molar-refractivity contribution in [3.8, 4) is 0 Å². The predicted octanol–water partition coefficient (Wildman–Crippen LogP) is 5.40. The first-order chi connectivity index (χ1) is 14.8. The molecule has 1 amide bonds. The van der Waals surface area contributed by atoms with Crippen LogP contribution in [0.25, 0.3) is 0 Å². The van der Waals surface area contributed by atoms with Gasteiger partial charge in [0.05, 0.1) is 0 Å². The molecular weight excluding hydrogens is 384 g/mol. The van der Waals surface area contributed by atoms with Crippen molar-refractivity contribution in [2.45, 2.75) is 53.5 Å². The zero-order valence-electron chi connectivity index (χ0n) is 19.1. The van der Waals surface area contributed by atoms with Crippen LogP contribution in [0.2, 0.25) is 0 Å². The van der Waals surface area contributed by atoms with Crippen LogP contribution >= 0.6 is 0 Å². The van der Waals surface area contributed by atoms with Gasteiger partial charge in [0, 0.05) is 24.1 Å². The maximum atomic E-state index is 12.7. The van der Waals surface area contributed by atoms with Gasteiger partial charge in [0.25, 0.3) is 5.91 Å². The molecule has 1 aliphatic rings. The molecule has 5 heteroatoms. The zero-order chi connectivity index (χ0) is 22.8. The Morgan fingerprint density at radius 1 is 1.23 bits per heavy atom. The topological polar surface area (TPSA) is 66.0 Å². The van der Waals surface area contributed by atoms with Crippen LogP contribution in [-0.4, -0.2) is 10.9 Å². The van der Waals surface area contributed by atoms with Gasteiger partial charge in [0.15, 0.2) is 0 Å². The summed E-state index contributed by atoms with van der Waals surface area (Å²) in [5.74, 6) is -0.196. The molecule has 0 radical (unpaired) electrons. The lowest BCUT2D eigenvalue weighted by molar-refractivity contribution is 0.0959. The van der Waals surface area contributed by atoms with Crippen LogP contribution < -0.4 is 16.2 Å². The summed E-state index contributed by atoms with van der Waals surface area (Å²) in [4.78, 5) is 16.9. The summed E-state index contributed by atoms with van der Waals surface area (Å²) in [5, 5.41) is 3.00. The van der Waals surface area contributed by atoms with Crippen molar-refractivity contribution in [1.29, 1.82) is 0 Å². The van der Waals surface area contributed by atoms with Crippen molar-refractivity contribution in [2.24, 2.45) is 0 Å². The largest absolute Gasteiger partial charge is 0.324 e. The van der Waals surface area contributed by atoms with Crippen LogP contribution in [0.15, 0.2) is 89.5 Å². The Kier molecular flexibility index (Phi) is 9.22. The van der Waals surface area contributed by atoms with E-state index in [0.717, 1.165) is 30.5 Å². The van der Waals surface area contributed by atoms with E-state index in [0.29, 0.717) is 17.9 Å². The summed E-state index contributed by atoms with van der Waals surface area (Å²) in [6.45, 7) is 16.6. The van der Waals surface area contributed by atoms with Crippen molar-refractivity contribution in [3.63, 3.8) is 0 Å². The molecule has 0 spiro atoms. The van der Waals surface area contributed by atoms with Crippen LogP contribution in [0.4, 0.5) is 0 Å². The predicted molar refractivity (Wildman–Crippen MR) is 129 cm³/mol. The first-order valence-corrected chi connectivity index (χ1v) is 10.6. The van der Waals surface area contributed by atoms with E-state index < -0.39 is 0 Å². The molecule has 1 aliphatic carbocycles. The molecule has 0 atom stereocenters. The number of allylic oxidation sites excluding steroid dienone is 9. The van der Waals surface area contributed by atoms with Crippen LogP contribution in [0.3, 0.4) is 0 Å². The highest BCUT2D eigenvalue weighted by molar-refractivity contribution is 5.93. The Hall–Kier alpha value is -3.18. The average Bonchev–Trinajstić information content (AvgIpc) is 2.77. The fraction of sp³-hybridized carbons (Fsp3) is 0.308. The standard InChI is InChI=1S/C26H34N4O/c1-7-20(6)30-28-17-21-13-14-27-25(16-21)26(31)29-24-11-9-23(10-12-24)19(5)15-22(8-2)18(3)4/h7,9,11,13-16,28,30H,1,6,8,10,12,17H2,2-5H3,(H,29,31)/b19-15+. The van der Waals surface area contributed by atoms with Gasteiger partial charge in [-0.1, -0.05) is 37.8 Å². The molecule has 0 unspecified atom stereocenters. The van der Waals surface area contributed by atoms with E-state index in [2.05, 4.69) is 74.2 Å².